The Labute approximate surface area is 177 Å². The molecule has 0 aliphatic rings. The zero-order chi connectivity index (χ0) is 20.9. The monoisotopic (exact) mass is 397 g/mol. The van der Waals surface area contributed by atoms with Crippen LogP contribution in [0.25, 0.3) is 22.0 Å². The van der Waals surface area contributed by atoms with E-state index in [1.165, 1.54) is 22.3 Å². The second-order valence-corrected chi connectivity index (χ2v) is 7.47. The topological polar surface area (TPSA) is 47.0 Å². The third kappa shape index (κ3) is 4.13. The molecule has 30 heavy (non-hydrogen) atoms. The quantitative estimate of drug-likeness (QED) is 0.417. The minimum Gasteiger partial charge on any atom is -0.494 e. The number of hydrogen-bond acceptors (Lipinski definition) is 4. The van der Waals surface area contributed by atoms with Crippen LogP contribution in [-0.2, 0) is 6.42 Å². The molecule has 1 aromatic heterocycles. The predicted molar refractivity (Wildman–Crippen MR) is 124 cm³/mol. The van der Waals surface area contributed by atoms with E-state index in [0.29, 0.717) is 6.61 Å². The van der Waals surface area contributed by atoms with Crippen molar-refractivity contribution < 1.29 is 4.74 Å². The van der Waals surface area contributed by atoms with Crippen molar-refractivity contribution in [3.05, 3.63) is 83.4 Å². The molecule has 0 radical (unpaired) electrons. The Balaban J connectivity index is 1.60. The first-order chi connectivity index (χ1) is 14.7. The predicted octanol–water partition coefficient (Wildman–Crippen LogP) is 5.97. The van der Waals surface area contributed by atoms with Crippen molar-refractivity contribution >= 4 is 16.6 Å². The molecule has 0 saturated carbocycles. The van der Waals surface area contributed by atoms with E-state index in [1.807, 2.05) is 19.1 Å². The van der Waals surface area contributed by atoms with Gasteiger partial charge in [0.2, 0.25) is 0 Å². The Morgan fingerprint density at radius 1 is 0.833 bits per heavy atom. The molecule has 0 saturated heterocycles. The summed E-state index contributed by atoms with van der Waals surface area (Å²) in [7, 11) is 0. The fourth-order valence-electron chi connectivity index (χ4n) is 3.89. The van der Waals surface area contributed by atoms with E-state index in [2.05, 4.69) is 84.0 Å². The molecule has 4 rings (SSSR count). The van der Waals surface area contributed by atoms with Crippen molar-refractivity contribution in [3.63, 3.8) is 0 Å². The minimum atomic E-state index is 0.677. The number of benzene rings is 3. The van der Waals surface area contributed by atoms with Gasteiger partial charge in [0, 0.05) is 22.9 Å². The van der Waals surface area contributed by atoms with Gasteiger partial charge < -0.3 is 10.1 Å². The van der Waals surface area contributed by atoms with Crippen LogP contribution in [0.15, 0.2) is 66.7 Å². The first-order valence-corrected chi connectivity index (χ1v) is 10.4. The highest BCUT2D eigenvalue weighted by atomic mass is 16.5. The maximum atomic E-state index is 5.60. The molecule has 0 aliphatic heterocycles. The zero-order valence-corrected chi connectivity index (χ0v) is 17.8. The molecular weight excluding hydrogens is 370 g/mol. The summed E-state index contributed by atoms with van der Waals surface area (Å²) in [6.45, 7) is 7.70. The summed E-state index contributed by atoms with van der Waals surface area (Å²) < 4.78 is 5.60. The van der Waals surface area contributed by atoms with Gasteiger partial charge in [-0.05, 0) is 56.0 Å². The lowest BCUT2D eigenvalue weighted by Gasteiger charge is -2.14. The Hall–Kier alpha value is -3.40. The van der Waals surface area contributed by atoms with Gasteiger partial charge in [0.05, 0.1) is 6.61 Å². The van der Waals surface area contributed by atoms with Gasteiger partial charge in [-0.15, -0.1) is 10.2 Å². The molecule has 3 aromatic carbocycles. The molecular formula is C26H27N3O. The van der Waals surface area contributed by atoms with Gasteiger partial charge in [-0.1, -0.05) is 54.6 Å². The SMILES string of the molecule is CCOc1cccc(CCNc2nnc(-c3c(C)cccc3C)c3ccccc23)c1. The molecule has 0 unspecified atom stereocenters. The Bertz CT molecular complexity index is 1150. The van der Waals surface area contributed by atoms with Gasteiger partial charge in [0.25, 0.3) is 0 Å². The molecule has 4 nitrogen and oxygen atoms in total. The maximum absolute atomic E-state index is 5.60. The van der Waals surface area contributed by atoms with Gasteiger partial charge in [0.1, 0.15) is 11.4 Å². The van der Waals surface area contributed by atoms with Gasteiger partial charge in [-0.3, -0.25) is 0 Å². The lowest BCUT2D eigenvalue weighted by molar-refractivity contribution is 0.340. The van der Waals surface area contributed by atoms with Crippen LogP contribution < -0.4 is 10.1 Å². The molecule has 4 aromatic rings. The van der Waals surface area contributed by atoms with Crippen molar-refractivity contribution in [1.82, 2.24) is 10.2 Å². The summed E-state index contributed by atoms with van der Waals surface area (Å²) in [4.78, 5) is 0. The van der Waals surface area contributed by atoms with Crippen LogP contribution >= 0.6 is 0 Å². The number of nitrogens with one attached hydrogen (secondary N) is 1. The Morgan fingerprint density at radius 3 is 2.33 bits per heavy atom. The number of ether oxygens (including phenoxy) is 1. The fraction of sp³-hybridized carbons (Fsp3) is 0.231. The van der Waals surface area contributed by atoms with Crippen LogP contribution in [0.5, 0.6) is 5.75 Å². The normalized spacial score (nSPS) is 10.9. The summed E-state index contributed by atoms with van der Waals surface area (Å²) in [5, 5.41) is 14.9. The van der Waals surface area contributed by atoms with E-state index >= 15 is 0 Å². The van der Waals surface area contributed by atoms with Crippen molar-refractivity contribution in [2.75, 3.05) is 18.5 Å². The van der Waals surface area contributed by atoms with Gasteiger partial charge in [-0.25, -0.2) is 0 Å². The lowest BCUT2D eigenvalue weighted by atomic mass is 9.96. The highest BCUT2D eigenvalue weighted by Crippen LogP contribution is 2.33. The summed E-state index contributed by atoms with van der Waals surface area (Å²) in [6, 6.07) is 22.9. The highest BCUT2D eigenvalue weighted by molar-refractivity contribution is 6.00. The second-order valence-electron chi connectivity index (χ2n) is 7.47. The van der Waals surface area contributed by atoms with Crippen LogP contribution in [0.3, 0.4) is 0 Å². The zero-order valence-electron chi connectivity index (χ0n) is 17.8. The number of aromatic nitrogens is 2. The number of hydrogen-bond donors (Lipinski definition) is 1. The summed E-state index contributed by atoms with van der Waals surface area (Å²) >= 11 is 0. The molecule has 4 heteroatoms. The Morgan fingerprint density at radius 2 is 1.57 bits per heavy atom. The lowest BCUT2D eigenvalue weighted by Crippen LogP contribution is -2.08. The molecule has 1 N–H and O–H groups in total. The molecule has 0 bridgehead atoms. The number of anilines is 1. The van der Waals surface area contributed by atoms with Crippen LogP contribution in [0, 0.1) is 13.8 Å². The van der Waals surface area contributed by atoms with Gasteiger partial charge >= 0.3 is 0 Å². The van der Waals surface area contributed by atoms with Gasteiger partial charge in [-0.2, -0.15) is 0 Å². The van der Waals surface area contributed by atoms with Crippen LogP contribution in [0.2, 0.25) is 0 Å². The molecule has 0 fully saturated rings. The third-order valence-corrected chi connectivity index (χ3v) is 5.32. The largest absolute Gasteiger partial charge is 0.494 e. The van der Waals surface area contributed by atoms with E-state index in [-0.39, 0.29) is 0 Å². The number of fused-ring (bicyclic) bond motifs is 1. The first-order valence-electron chi connectivity index (χ1n) is 10.4. The Kier molecular flexibility index (Phi) is 5.94. The molecule has 0 atom stereocenters. The highest BCUT2D eigenvalue weighted by Gasteiger charge is 2.14. The van der Waals surface area contributed by atoms with Crippen molar-refractivity contribution in [2.45, 2.75) is 27.2 Å². The number of aryl methyl sites for hydroxylation is 2. The summed E-state index contributed by atoms with van der Waals surface area (Å²) in [5.41, 5.74) is 5.77. The smallest absolute Gasteiger partial charge is 0.156 e. The average molecular weight is 398 g/mol. The summed E-state index contributed by atoms with van der Waals surface area (Å²) in [6.07, 6.45) is 0.884. The van der Waals surface area contributed by atoms with E-state index < -0.39 is 0 Å². The average Bonchev–Trinajstić information content (AvgIpc) is 2.75. The molecule has 0 aliphatic carbocycles. The number of nitrogens with zero attached hydrogens (tertiary/aromatic N) is 2. The maximum Gasteiger partial charge on any atom is 0.156 e. The van der Waals surface area contributed by atoms with Crippen molar-refractivity contribution in [3.8, 4) is 17.0 Å². The molecule has 0 amide bonds. The van der Waals surface area contributed by atoms with E-state index in [0.717, 1.165) is 41.0 Å². The van der Waals surface area contributed by atoms with E-state index in [9.17, 15) is 0 Å². The van der Waals surface area contributed by atoms with Crippen molar-refractivity contribution in [2.24, 2.45) is 0 Å². The fourth-order valence-corrected chi connectivity index (χ4v) is 3.89. The van der Waals surface area contributed by atoms with Crippen LogP contribution in [0.4, 0.5) is 5.82 Å². The van der Waals surface area contributed by atoms with Crippen LogP contribution in [-0.4, -0.2) is 23.3 Å². The molecule has 152 valence electrons. The second kappa shape index (κ2) is 8.95. The van der Waals surface area contributed by atoms with E-state index in [4.69, 9.17) is 4.74 Å². The standard InChI is InChI=1S/C26H27N3O/c1-4-30-21-12-8-11-20(17-21)15-16-27-26-23-14-6-5-13-22(23)25(28-29-26)24-18(2)9-7-10-19(24)3/h5-14,17H,4,15-16H2,1-3H3,(H,27,29). The first kappa shape index (κ1) is 19.9. The van der Waals surface area contributed by atoms with E-state index in [1.54, 1.807) is 0 Å². The van der Waals surface area contributed by atoms with Crippen LogP contribution in [0.1, 0.15) is 23.6 Å². The molecule has 1 heterocycles. The third-order valence-electron chi connectivity index (χ3n) is 5.32. The minimum absolute atomic E-state index is 0.677. The van der Waals surface area contributed by atoms with Crippen molar-refractivity contribution in [1.29, 1.82) is 0 Å². The van der Waals surface area contributed by atoms with Gasteiger partial charge in [0.15, 0.2) is 5.82 Å². The number of rotatable bonds is 7. The summed E-state index contributed by atoms with van der Waals surface area (Å²) in [5.74, 6) is 1.74. The molecule has 0 spiro atoms.